The number of hydrogen-bond donors (Lipinski definition) is 0. The Kier molecular flexibility index (Phi) is 5.51. The Labute approximate surface area is 126 Å². The second-order valence-corrected chi connectivity index (χ2v) is 5.75. The third kappa shape index (κ3) is 4.14. The molecule has 2 rings (SSSR count). The normalized spacial score (nSPS) is 18.2. The minimum atomic E-state index is -0.300. The first-order chi connectivity index (χ1) is 10.1. The smallest absolute Gasteiger partial charge is 0.337 e. The highest BCUT2D eigenvalue weighted by Gasteiger charge is 2.22. The monoisotopic (exact) mass is 289 g/mol. The van der Waals surface area contributed by atoms with E-state index >= 15 is 0 Å². The van der Waals surface area contributed by atoms with Crippen molar-refractivity contribution in [3.8, 4) is 0 Å². The van der Waals surface area contributed by atoms with Crippen LogP contribution in [-0.4, -0.2) is 43.4 Å². The lowest BCUT2D eigenvalue weighted by atomic mass is 9.96. The summed E-state index contributed by atoms with van der Waals surface area (Å²) in [5, 5.41) is 0. The summed E-state index contributed by atoms with van der Waals surface area (Å²) in [4.78, 5) is 24.6. The average Bonchev–Trinajstić information content (AvgIpc) is 2.55. The summed E-state index contributed by atoms with van der Waals surface area (Å²) in [6.07, 6.45) is 3.98. The molecule has 0 amide bonds. The highest BCUT2D eigenvalue weighted by atomic mass is 16.5. The molecule has 1 heterocycles. The minimum Gasteiger partial charge on any atom is -0.465 e. The number of nitrogens with zero attached hydrogens (tertiary/aromatic N) is 1. The van der Waals surface area contributed by atoms with E-state index in [1.807, 2.05) is 24.3 Å². The average molecular weight is 289 g/mol. The van der Waals surface area contributed by atoms with Crippen LogP contribution < -0.4 is 0 Å². The van der Waals surface area contributed by atoms with Gasteiger partial charge in [-0.1, -0.05) is 12.1 Å². The number of rotatable bonds is 5. The van der Waals surface area contributed by atoms with Crippen LogP contribution in [0.25, 0.3) is 0 Å². The molecule has 1 aromatic carbocycles. The van der Waals surface area contributed by atoms with Crippen LogP contribution in [0.4, 0.5) is 0 Å². The van der Waals surface area contributed by atoms with Crippen LogP contribution >= 0.6 is 0 Å². The molecule has 1 aliphatic heterocycles. The summed E-state index contributed by atoms with van der Waals surface area (Å²) in [5.41, 5.74) is 1.80. The van der Waals surface area contributed by atoms with E-state index in [4.69, 9.17) is 4.74 Å². The van der Waals surface area contributed by atoms with Crippen LogP contribution in [0.5, 0.6) is 0 Å². The van der Waals surface area contributed by atoms with Crippen molar-refractivity contribution in [2.45, 2.75) is 32.2 Å². The third-order valence-electron chi connectivity index (χ3n) is 4.30. The van der Waals surface area contributed by atoms with E-state index in [1.54, 1.807) is 0 Å². The van der Waals surface area contributed by atoms with E-state index < -0.39 is 0 Å². The number of carbonyl (C=O) groups is 2. The number of piperidine rings is 1. The van der Waals surface area contributed by atoms with Gasteiger partial charge in [0, 0.05) is 12.0 Å². The number of carbonyl (C=O) groups excluding carboxylic acids is 2. The van der Waals surface area contributed by atoms with Gasteiger partial charge < -0.3 is 14.4 Å². The molecule has 0 spiro atoms. The number of benzene rings is 1. The molecule has 0 bridgehead atoms. The first kappa shape index (κ1) is 15.7. The number of hydrogen-bond acceptors (Lipinski definition) is 4. The Morgan fingerprint density at radius 1 is 1.33 bits per heavy atom. The number of ether oxygens (including phenoxy) is 1. The van der Waals surface area contributed by atoms with E-state index in [9.17, 15) is 9.59 Å². The molecule has 1 aliphatic rings. The first-order valence-corrected chi connectivity index (χ1v) is 7.50. The number of methoxy groups -OCH3 is 1. The maximum absolute atomic E-state index is 11.4. The fraction of sp³-hybridized carbons (Fsp3) is 0.529. The zero-order valence-electron chi connectivity index (χ0n) is 12.7. The van der Waals surface area contributed by atoms with Crippen molar-refractivity contribution in [2.75, 3.05) is 20.2 Å². The van der Waals surface area contributed by atoms with E-state index in [1.165, 1.54) is 12.7 Å². The predicted octanol–water partition coefficient (Wildman–Crippen LogP) is 2.32. The maximum atomic E-state index is 11.4. The summed E-state index contributed by atoms with van der Waals surface area (Å²) in [6, 6.07) is 8.04. The largest absolute Gasteiger partial charge is 0.465 e. The molecule has 0 N–H and O–H groups in total. The zero-order valence-corrected chi connectivity index (χ0v) is 12.7. The Morgan fingerprint density at radius 3 is 2.48 bits per heavy atom. The van der Waals surface area contributed by atoms with E-state index in [2.05, 4.69) is 11.8 Å². The topological polar surface area (TPSA) is 46.6 Å². The summed E-state index contributed by atoms with van der Waals surface area (Å²) in [6.45, 7) is 4.20. The van der Waals surface area contributed by atoms with E-state index in [0.717, 1.165) is 38.6 Å². The molecular formula is C17H23NO3. The first-order valence-electron chi connectivity index (χ1n) is 7.50. The van der Waals surface area contributed by atoms with Gasteiger partial charge in [0.1, 0.15) is 6.29 Å². The van der Waals surface area contributed by atoms with Crippen molar-refractivity contribution in [2.24, 2.45) is 5.92 Å². The van der Waals surface area contributed by atoms with Crippen molar-refractivity contribution < 1.29 is 14.3 Å². The molecule has 0 radical (unpaired) electrons. The Hall–Kier alpha value is -1.68. The van der Waals surface area contributed by atoms with Gasteiger partial charge in [0.05, 0.1) is 12.7 Å². The maximum Gasteiger partial charge on any atom is 0.337 e. The molecule has 0 aliphatic carbocycles. The van der Waals surface area contributed by atoms with Gasteiger partial charge in [0.2, 0.25) is 0 Å². The summed E-state index contributed by atoms with van der Waals surface area (Å²) < 4.78 is 4.70. The Balaban J connectivity index is 1.89. The molecule has 1 saturated heterocycles. The van der Waals surface area contributed by atoms with Gasteiger partial charge in [0.15, 0.2) is 0 Å². The summed E-state index contributed by atoms with van der Waals surface area (Å²) in [5.74, 6) is -0.0571. The molecule has 1 fully saturated rings. The number of esters is 1. The Bertz CT molecular complexity index is 475. The molecule has 1 unspecified atom stereocenters. The highest BCUT2D eigenvalue weighted by Crippen LogP contribution is 2.19. The third-order valence-corrected chi connectivity index (χ3v) is 4.30. The summed E-state index contributed by atoms with van der Waals surface area (Å²) in [7, 11) is 1.39. The quantitative estimate of drug-likeness (QED) is 0.616. The fourth-order valence-electron chi connectivity index (χ4n) is 2.86. The van der Waals surface area contributed by atoms with Crippen LogP contribution in [0, 0.1) is 5.92 Å². The van der Waals surface area contributed by atoms with Gasteiger partial charge >= 0.3 is 5.97 Å². The molecule has 114 valence electrons. The SMILES string of the molecule is COC(=O)c1ccc(CC(C)N2CCC(C=O)CC2)cc1. The second kappa shape index (κ2) is 7.36. The molecule has 4 heteroatoms. The van der Waals surface area contributed by atoms with Crippen LogP contribution in [0.1, 0.15) is 35.7 Å². The lowest BCUT2D eigenvalue weighted by Gasteiger charge is -2.34. The van der Waals surface area contributed by atoms with Crippen molar-refractivity contribution in [1.82, 2.24) is 4.90 Å². The summed E-state index contributed by atoms with van der Waals surface area (Å²) >= 11 is 0. The van der Waals surface area contributed by atoms with E-state index in [-0.39, 0.29) is 11.9 Å². The molecule has 0 aromatic heterocycles. The molecule has 0 saturated carbocycles. The van der Waals surface area contributed by atoms with Gasteiger partial charge in [-0.25, -0.2) is 4.79 Å². The van der Waals surface area contributed by atoms with Gasteiger partial charge in [-0.15, -0.1) is 0 Å². The van der Waals surface area contributed by atoms with Gasteiger partial charge in [-0.2, -0.15) is 0 Å². The fourth-order valence-corrected chi connectivity index (χ4v) is 2.86. The molecule has 21 heavy (non-hydrogen) atoms. The van der Waals surface area contributed by atoms with Crippen molar-refractivity contribution >= 4 is 12.3 Å². The van der Waals surface area contributed by atoms with Crippen LogP contribution in [0.2, 0.25) is 0 Å². The van der Waals surface area contributed by atoms with Crippen LogP contribution in [0.15, 0.2) is 24.3 Å². The molecule has 1 atom stereocenters. The number of aldehydes is 1. The standard InChI is InChI=1S/C17H23NO3/c1-13(18-9-7-15(12-19)8-10-18)11-14-3-5-16(6-4-14)17(20)21-2/h3-6,12-13,15H,7-11H2,1-2H3. The van der Waals surface area contributed by atoms with Crippen molar-refractivity contribution in [3.63, 3.8) is 0 Å². The molecule has 4 nitrogen and oxygen atoms in total. The molecular weight excluding hydrogens is 266 g/mol. The van der Waals surface area contributed by atoms with Gasteiger partial charge in [-0.05, 0) is 57.0 Å². The van der Waals surface area contributed by atoms with Crippen LogP contribution in [0.3, 0.4) is 0 Å². The predicted molar refractivity (Wildman–Crippen MR) is 81.3 cm³/mol. The minimum absolute atomic E-state index is 0.243. The van der Waals surface area contributed by atoms with E-state index in [0.29, 0.717) is 11.6 Å². The zero-order chi connectivity index (χ0) is 15.2. The lowest BCUT2D eigenvalue weighted by molar-refractivity contribution is -0.112. The van der Waals surface area contributed by atoms with Gasteiger partial charge in [0.25, 0.3) is 0 Å². The Morgan fingerprint density at radius 2 is 1.95 bits per heavy atom. The molecule has 1 aromatic rings. The highest BCUT2D eigenvalue weighted by molar-refractivity contribution is 5.89. The second-order valence-electron chi connectivity index (χ2n) is 5.75. The van der Waals surface area contributed by atoms with Crippen molar-refractivity contribution in [3.05, 3.63) is 35.4 Å². The van der Waals surface area contributed by atoms with Gasteiger partial charge in [-0.3, -0.25) is 0 Å². The number of likely N-dealkylation sites (tertiary alicyclic amines) is 1. The van der Waals surface area contributed by atoms with Crippen LogP contribution in [-0.2, 0) is 16.0 Å². The lowest BCUT2D eigenvalue weighted by Crippen LogP contribution is -2.41. The van der Waals surface area contributed by atoms with Crippen molar-refractivity contribution in [1.29, 1.82) is 0 Å².